The second-order valence-corrected chi connectivity index (χ2v) is 7.42. The summed E-state index contributed by atoms with van der Waals surface area (Å²) < 4.78 is 59.9. The van der Waals surface area contributed by atoms with E-state index in [1.807, 2.05) is 0 Å². The average Bonchev–Trinajstić information content (AvgIpc) is 2.90. The molecule has 0 bridgehead atoms. The summed E-state index contributed by atoms with van der Waals surface area (Å²) in [4.78, 5) is 25.7. The van der Waals surface area contributed by atoms with Gasteiger partial charge in [0.2, 0.25) is 0 Å². The van der Waals surface area contributed by atoms with Crippen LogP contribution < -0.4 is 4.90 Å². The summed E-state index contributed by atoms with van der Waals surface area (Å²) in [6.07, 6.45) is -5.63. The van der Waals surface area contributed by atoms with Crippen LogP contribution in [0, 0.1) is 0 Å². The summed E-state index contributed by atoms with van der Waals surface area (Å²) in [5.74, 6) is -2.14. The number of rotatable bonds is 2. The number of piperidine rings is 1. The molecule has 0 unspecified atom stereocenters. The molecule has 27 heavy (non-hydrogen) atoms. The van der Waals surface area contributed by atoms with Crippen molar-refractivity contribution in [2.24, 2.45) is 7.05 Å². The van der Waals surface area contributed by atoms with E-state index in [9.17, 15) is 27.2 Å². The highest BCUT2D eigenvalue weighted by molar-refractivity contribution is 5.97. The molecule has 0 saturated carbocycles. The van der Waals surface area contributed by atoms with Crippen molar-refractivity contribution >= 4 is 17.7 Å². The first kappa shape index (κ1) is 21.0. The standard InChI is InChI=1S/C16H22F4N4O3/c1-15(2,3)27-14(26)23-7-10(17)5-11(9-23)24(13(25)16(18,19)20)12-6-21-22(4)8-12/h6,8,10-11H,5,7,9H2,1-4H3/t10-,11+/m0/s1. The van der Waals surface area contributed by atoms with Crippen LogP contribution in [0.5, 0.6) is 0 Å². The first-order valence-corrected chi connectivity index (χ1v) is 8.29. The SMILES string of the molecule is Cn1cc(N(C(=O)C(F)(F)F)[C@@H]2C[C@H](F)CN(C(=O)OC(C)(C)C)C2)cn1. The van der Waals surface area contributed by atoms with Gasteiger partial charge >= 0.3 is 18.2 Å². The molecule has 2 rings (SSSR count). The molecular weight excluding hydrogens is 372 g/mol. The van der Waals surface area contributed by atoms with Gasteiger partial charge in [0.05, 0.1) is 24.5 Å². The molecule has 1 aromatic heterocycles. The van der Waals surface area contributed by atoms with Gasteiger partial charge in [-0.25, -0.2) is 9.18 Å². The molecule has 2 atom stereocenters. The normalized spacial score (nSPS) is 21.1. The van der Waals surface area contributed by atoms with E-state index < -0.39 is 36.0 Å². The molecule has 1 fully saturated rings. The van der Waals surface area contributed by atoms with E-state index in [4.69, 9.17) is 4.74 Å². The molecule has 152 valence electrons. The third-order valence-electron chi connectivity index (χ3n) is 3.83. The first-order chi connectivity index (χ1) is 12.3. The predicted octanol–water partition coefficient (Wildman–Crippen LogP) is 2.66. The zero-order valence-electron chi connectivity index (χ0n) is 15.5. The van der Waals surface area contributed by atoms with Crippen molar-refractivity contribution in [1.29, 1.82) is 0 Å². The summed E-state index contributed by atoms with van der Waals surface area (Å²) in [5, 5.41) is 3.77. The maximum Gasteiger partial charge on any atom is 0.471 e. The van der Waals surface area contributed by atoms with E-state index in [0.29, 0.717) is 4.90 Å². The fraction of sp³-hybridized carbons (Fsp3) is 0.688. The highest BCUT2D eigenvalue weighted by Gasteiger charge is 2.48. The summed E-state index contributed by atoms with van der Waals surface area (Å²) in [7, 11) is 1.48. The van der Waals surface area contributed by atoms with Crippen LogP contribution in [0.1, 0.15) is 27.2 Å². The van der Waals surface area contributed by atoms with Gasteiger partial charge in [0, 0.05) is 26.2 Å². The lowest BCUT2D eigenvalue weighted by Gasteiger charge is -2.40. The molecule has 2 amide bonds. The number of ether oxygens (including phenoxy) is 1. The Bertz CT molecular complexity index is 699. The fourth-order valence-electron chi connectivity index (χ4n) is 2.84. The van der Waals surface area contributed by atoms with Crippen molar-refractivity contribution in [2.75, 3.05) is 18.0 Å². The number of anilines is 1. The number of amides is 2. The van der Waals surface area contributed by atoms with Crippen molar-refractivity contribution in [3.63, 3.8) is 0 Å². The van der Waals surface area contributed by atoms with Gasteiger partial charge in [-0.1, -0.05) is 0 Å². The maximum absolute atomic E-state index is 14.2. The summed E-state index contributed by atoms with van der Waals surface area (Å²) in [5.41, 5.74) is -0.969. The Labute approximate surface area is 153 Å². The number of alkyl halides is 4. The van der Waals surface area contributed by atoms with E-state index in [2.05, 4.69) is 5.10 Å². The number of likely N-dealkylation sites (tertiary alicyclic amines) is 1. The minimum absolute atomic E-state index is 0.122. The summed E-state index contributed by atoms with van der Waals surface area (Å²) in [6.45, 7) is 4.26. The maximum atomic E-state index is 14.2. The van der Waals surface area contributed by atoms with Gasteiger partial charge in [0.25, 0.3) is 0 Å². The van der Waals surface area contributed by atoms with E-state index in [-0.39, 0.29) is 25.2 Å². The lowest BCUT2D eigenvalue weighted by Crippen LogP contribution is -2.58. The second kappa shape index (κ2) is 7.35. The smallest absolute Gasteiger partial charge is 0.444 e. The van der Waals surface area contributed by atoms with Gasteiger partial charge in [-0.3, -0.25) is 14.4 Å². The molecule has 1 saturated heterocycles. The Morgan fingerprint density at radius 1 is 1.26 bits per heavy atom. The van der Waals surface area contributed by atoms with Crippen LogP contribution in [0.3, 0.4) is 0 Å². The second-order valence-electron chi connectivity index (χ2n) is 7.42. The van der Waals surface area contributed by atoms with Crippen LogP contribution in [-0.2, 0) is 16.6 Å². The minimum Gasteiger partial charge on any atom is -0.444 e. The van der Waals surface area contributed by atoms with Gasteiger partial charge in [-0.05, 0) is 20.8 Å². The monoisotopic (exact) mass is 394 g/mol. The molecule has 1 aromatic rings. The summed E-state index contributed by atoms with van der Waals surface area (Å²) in [6, 6.07) is -1.21. The lowest BCUT2D eigenvalue weighted by atomic mass is 10.0. The zero-order chi connectivity index (χ0) is 20.6. The highest BCUT2D eigenvalue weighted by Crippen LogP contribution is 2.30. The van der Waals surface area contributed by atoms with Gasteiger partial charge in [-0.15, -0.1) is 0 Å². The number of carbonyl (C=O) groups is 2. The van der Waals surface area contributed by atoms with Gasteiger partial charge in [-0.2, -0.15) is 18.3 Å². The molecule has 0 aliphatic carbocycles. The van der Waals surface area contributed by atoms with Crippen molar-refractivity contribution < 1.29 is 31.9 Å². The Hall–Kier alpha value is -2.33. The molecule has 0 radical (unpaired) electrons. The van der Waals surface area contributed by atoms with Gasteiger partial charge < -0.3 is 9.64 Å². The molecule has 1 aliphatic rings. The Kier molecular flexibility index (Phi) is 5.71. The van der Waals surface area contributed by atoms with E-state index in [1.54, 1.807) is 20.8 Å². The lowest BCUT2D eigenvalue weighted by molar-refractivity contribution is -0.171. The van der Waals surface area contributed by atoms with Crippen LogP contribution in [-0.4, -0.2) is 63.8 Å². The van der Waals surface area contributed by atoms with Gasteiger partial charge in [0.1, 0.15) is 11.8 Å². The molecule has 7 nitrogen and oxygen atoms in total. The topological polar surface area (TPSA) is 67.7 Å². The molecule has 0 spiro atoms. The van der Waals surface area contributed by atoms with Crippen LogP contribution >= 0.6 is 0 Å². The fourth-order valence-corrected chi connectivity index (χ4v) is 2.84. The number of hydrogen-bond donors (Lipinski definition) is 0. The predicted molar refractivity (Wildman–Crippen MR) is 87.9 cm³/mol. The van der Waals surface area contributed by atoms with Crippen LogP contribution in [0.25, 0.3) is 0 Å². The molecule has 0 aromatic carbocycles. The molecular formula is C16H22F4N4O3. The largest absolute Gasteiger partial charge is 0.471 e. The van der Waals surface area contributed by atoms with Crippen LogP contribution in [0.4, 0.5) is 28.0 Å². The molecule has 2 heterocycles. The van der Waals surface area contributed by atoms with Gasteiger partial charge in [0.15, 0.2) is 0 Å². The quantitative estimate of drug-likeness (QED) is 0.724. The number of aryl methyl sites for hydroxylation is 1. The van der Waals surface area contributed by atoms with E-state index in [1.165, 1.54) is 17.9 Å². The number of aromatic nitrogens is 2. The minimum atomic E-state index is -5.16. The summed E-state index contributed by atoms with van der Waals surface area (Å²) >= 11 is 0. The zero-order valence-corrected chi connectivity index (χ0v) is 15.5. The van der Waals surface area contributed by atoms with Crippen molar-refractivity contribution in [2.45, 2.75) is 51.2 Å². The van der Waals surface area contributed by atoms with E-state index in [0.717, 1.165) is 11.1 Å². The van der Waals surface area contributed by atoms with Crippen molar-refractivity contribution in [1.82, 2.24) is 14.7 Å². The first-order valence-electron chi connectivity index (χ1n) is 8.29. The number of hydrogen-bond acceptors (Lipinski definition) is 4. The Morgan fingerprint density at radius 3 is 2.37 bits per heavy atom. The van der Waals surface area contributed by atoms with Crippen molar-refractivity contribution in [3.8, 4) is 0 Å². The van der Waals surface area contributed by atoms with Crippen LogP contribution in [0.2, 0.25) is 0 Å². The molecule has 11 heteroatoms. The van der Waals surface area contributed by atoms with E-state index >= 15 is 0 Å². The third-order valence-corrected chi connectivity index (χ3v) is 3.83. The number of nitrogens with zero attached hydrogens (tertiary/aromatic N) is 4. The number of carbonyl (C=O) groups excluding carboxylic acids is 2. The Balaban J connectivity index is 2.31. The highest BCUT2D eigenvalue weighted by atomic mass is 19.4. The molecule has 1 aliphatic heterocycles. The third kappa shape index (κ3) is 5.33. The molecule has 0 N–H and O–H groups in total. The van der Waals surface area contributed by atoms with Crippen molar-refractivity contribution in [3.05, 3.63) is 12.4 Å². The number of halogens is 4. The Morgan fingerprint density at radius 2 is 1.89 bits per heavy atom. The van der Waals surface area contributed by atoms with Crippen LogP contribution in [0.15, 0.2) is 12.4 Å². The average molecular weight is 394 g/mol.